The van der Waals surface area contributed by atoms with E-state index >= 15 is 0 Å². The molecule has 0 heterocycles. The molecule has 0 saturated carbocycles. The van der Waals surface area contributed by atoms with Gasteiger partial charge in [0.2, 0.25) is 0 Å². The molecule has 0 bridgehead atoms. The van der Waals surface area contributed by atoms with Crippen LogP contribution in [0.15, 0.2) is 18.2 Å². The summed E-state index contributed by atoms with van der Waals surface area (Å²) >= 11 is 0. The fraction of sp³-hybridized carbons (Fsp3) is 0.417. The zero-order valence-corrected chi connectivity index (χ0v) is 9.50. The number of methoxy groups -OCH3 is 1. The predicted octanol–water partition coefficient (Wildman–Crippen LogP) is 2.26. The maximum Gasteiger partial charge on any atom is 0.167 e. The lowest BCUT2D eigenvalue weighted by molar-refractivity contribution is 0.0894. The third-order valence-electron chi connectivity index (χ3n) is 2.48. The summed E-state index contributed by atoms with van der Waals surface area (Å²) in [6, 6.07) is 3.83. The van der Waals surface area contributed by atoms with Gasteiger partial charge < -0.3 is 10.5 Å². The first kappa shape index (κ1) is 12.6. The van der Waals surface area contributed by atoms with E-state index in [1.54, 1.807) is 14.0 Å². The number of halogens is 1. The maximum absolute atomic E-state index is 13.0. The lowest BCUT2D eigenvalue weighted by atomic mass is 9.95. The summed E-state index contributed by atoms with van der Waals surface area (Å²) < 4.78 is 17.9. The van der Waals surface area contributed by atoms with Gasteiger partial charge in [0.05, 0.1) is 0 Å². The van der Waals surface area contributed by atoms with Gasteiger partial charge in [-0.25, -0.2) is 4.39 Å². The van der Waals surface area contributed by atoms with Gasteiger partial charge in [0.25, 0.3) is 0 Å². The second-order valence-electron chi connectivity index (χ2n) is 3.78. The van der Waals surface area contributed by atoms with Gasteiger partial charge in [-0.3, -0.25) is 4.79 Å². The Bertz CT molecular complexity index is 379. The van der Waals surface area contributed by atoms with Gasteiger partial charge >= 0.3 is 0 Å². The number of ketones is 1. The number of nitrogen functional groups attached to an aromatic ring is 1. The molecule has 0 radical (unpaired) electrons. The van der Waals surface area contributed by atoms with Gasteiger partial charge in [0.1, 0.15) is 5.82 Å². The minimum atomic E-state index is -0.448. The lowest BCUT2D eigenvalue weighted by Gasteiger charge is -2.11. The molecule has 3 nitrogen and oxygen atoms in total. The van der Waals surface area contributed by atoms with Crippen LogP contribution in [0.2, 0.25) is 0 Å². The quantitative estimate of drug-likeness (QED) is 0.617. The summed E-state index contributed by atoms with van der Waals surface area (Å²) in [5.41, 5.74) is 6.21. The van der Waals surface area contributed by atoms with Crippen LogP contribution in [-0.4, -0.2) is 19.5 Å². The molecule has 0 fully saturated rings. The van der Waals surface area contributed by atoms with E-state index in [1.165, 1.54) is 18.2 Å². The van der Waals surface area contributed by atoms with E-state index in [0.29, 0.717) is 18.7 Å². The largest absolute Gasteiger partial charge is 0.398 e. The predicted molar refractivity (Wildman–Crippen MR) is 60.8 cm³/mol. The molecule has 2 N–H and O–H groups in total. The molecule has 88 valence electrons. The molecule has 4 heteroatoms. The highest BCUT2D eigenvalue weighted by Gasteiger charge is 2.17. The van der Waals surface area contributed by atoms with Crippen LogP contribution in [0.5, 0.6) is 0 Å². The van der Waals surface area contributed by atoms with Gasteiger partial charge in [-0.1, -0.05) is 6.92 Å². The van der Waals surface area contributed by atoms with Crippen LogP contribution in [-0.2, 0) is 4.74 Å². The second kappa shape index (κ2) is 5.61. The maximum atomic E-state index is 13.0. The average molecular weight is 225 g/mol. The summed E-state index contributed by atoms with van der Waals surface area (Å²) in [4.78, 5) is 11.9. The Hall–Kier alpha value is -1.42. The van der Waals surface area contributed by atoms with Gasteiger partial charge in [0, 0.05) is 30.9 Å². The molecule has 0 saturated heterocycles. The Morgan fingerprint density at radius 2 is 2.25 bits per heavy atom. The van der Waals surface area contributed by atoms with E-state index < -0.39 is 5.82 Å². The number of hydrogen-bond acceptors (Lipinski definition) is 3. The van der Waals surface area contributed by atoms with Gasteiger partial charge in [-0.05, 0) is 24.6 Å². The van der Waals surface area contributed by atoms with Crippen LogP contribution in [0, 0.1) is 11.7 Å². The third kappa shape index (κ3) is 3.03. The standard InChI is InChI=1S/C12H16FNO2/c1-8(5-6-16-2)12(15)10-7-9(13)3-4-11(10)14/h3-4,7-8H,5-6,14H2,1-2H3. The van der Waals surface area contributed by atoms with Gasteiger partial charge in [-0.15, -0.1) is 0 Å². The Morgan fingerprint density at radius 1 is 1.56 bits per heavy atom. The van der Waals surface area contributed by atoms with Gasteiger partial charge in [-0.2, -0.15) is 0 Å². The normalized spacial score (nSPS) is 12.4. The number of nitrogens with two attached hydrogens (primary N) is 1. The van der Waals surface area contributed by atoms with Crippen LogP contribution < -0.4 is 5.73 Å². The van der Waals surface area contributed by atoms with E-state index in [2.05, 4.69) is 0 Å². The Balaban J connectivity index is 2.83. The van der Waals surface area contributed by atoms with Crippen LogP contribution in [0.25, 0.3) is 0 Å². The molecule has 0 aliphatic rings. The molecule has 1 aromatic carbocycles. The molecular formula is C12H16FNO2. The molecular weight excluding hydrogens is 209 g/mol. The molecule has 16 heavy (non-hydrogen) atoms. The summed E-state index contributed by atoms with van der Waals surface area (Å²) in [5, 5.41) is 0. The second-order valence-corrected chi connectivity index (χ2v) is 3.78. The summed E-state index contributed by atoms with van der Waals surface area (Å²) in [5.74, 6) is -0.811. The minimum absolute atomic E-state index is 0.144. The Morgan fingerprint density at radius 3 is 2.88 bits per heavy atom. The molecule has 1 unspecified atom stereocenters. The zero-order valence-electron chi connectivity index (χ0n) is 9.50. The Labute approximate surface area is 94.4 Å². The first-order chi connectivity index (χ1) is 7.56. The van der Waals surface area contributed by atoms with Crippen molar-refractivity contribution in [1.29, 1.82) is 0 Å². The number of benzene rings is 1. The smallest absolute Gasteiger partial charge is 0.167 e. The molecule has 1 atom stereocenters. The van der Waals surface area contributed by atoms with Crippen molar-refractivity contribution in [3.8, 4) is 0 Å². The number of anilines is 1. The molecule has 0 aliphatic carbocycles. The summed E-state index contributed by atoms with van der Waals surface area (Å²) in [6.07, 6.45) is 0.602. The fourth-order valence-electron chi connectivity index (χ4n) is 1.43. The molecule has 0 aromatic heterocycles. The highest BCUT2D eigenvalue weighted by molar-refractivity contribution is 6.02. The number of carbonyl (C=O) groups excluding carboxylic acids is 1. The first-order valence-corrected chi connectivity index (χ1v) is 5.14. The van der Waals surface area contributed by atoms with Crippen LogP contribution in [0.1, 0.15) is 23.7 Å². The van der Waals surface area contributed by atoms with Crippen molar-refractivity contribution in [2.45, 2.75) is 13.3 Å². The summed E-state index contributed by atoms with van der Waals surface area (Å²) in [6.45, 7) is 2.29. The average Bonchev–Trinajstić information content (AvgIpc) is 2.28. The highest BCUT2D eigenvalue weighted by Crippen LogP contribution is 2.19. The first-order valence-electron chi connectivity index (χ1n) is 5.14. The minimum Gasteiger partial charge on any atom is -0.398 e. The van der Waals surface area contributed by atoms with Crippen molar-refractivity contribution in [2.75, 3.05) is 19.5 Å². The van der Waals surface area contributed by atoms with Crippen molar-refractivity contribution in [3.63, 3.8) is 0 Å². The number of Topliss-reactive ketones (excluding diaryl/α,β-unsaturated/α-hetero) is 1. The SMILES string of the molecule is COCCC(C)C(=O)c1cc(F)ccc1N. The van der Waals surface area contributed by atoms with Crippen molar-refractivity contribution < 1.29 is 13.9 Å². The van der Waals surface area contributed by atoms with E-state index in [1.807, 2.05) is 0 Å². The molecule has 0 aliphatic heterocycles. The summed E-state index contributed by atoms with van der Waals surface area (Å²) in [7, 11) is 1.58. The van der Waals surface area contributed by atoms with Crippen LogP contribution in [0.4, 0.5) is 10.1 Å². The van der Waals surface area contributed by atoms with E-state index in [9.17, 15) is 9.18 Å². The van der Waals surface area contributed by atoms with E-state index in [0.717, 1.165) is 0 Å². The van der Waals surface area contributed by atoms with Crippen molar-refractivity contribution in [2.24, 2.45) is 5.92 Å². The van der Waals surface area contributed by atoms with Crippen molar-refractivity contribution >= 4 is 11.5 Å². The third-order valence-corrected chi connectivity index (χ3v) is 2.48. The number of rotatable bonds is 5. The molecule has 0 amide bonds. The number of ether oxygens (including phenoxy) is 1. The topological polar surface area (TPSA) is 52.3 Å². The number of hydrogen-bond donors (Lipinski definition) is 1. The molecule has 1 rings (SSSR count). The van der Waals surface area contributed by atoms with E-state index in [-0.39, 0.29) is 17.3 Å². The Kier molecular flexibility index (Phi) is 4.43. The lowest BCUT2D eigenvalue weighted by Crippen LogP contribution is -2.15. The fourth-order valence-corrected chi connectivity index (χ4v) is 1.43. The highest BCUT2D eigenvalue weighted by atomic mass is 19.1. The monoisotopic (exact) mass is 225 g/mol. The van der Waals surface area contributed by atoms with Crippen molar-refractivity contribution in [3.05, 3.63) is 29.6 Å². The zero-order chi connectivity index (χ0) is 12.1. The van der Waals surface area contributed by atoms with Crippen LogP contribution in [0.3, 0.4) is 0 Å². The van der Waals surface area contributed by atoms with E-state index in [4.69, 9.17) is 10.5 Å². The van der Waals surface area contributed by atoms with Crippen molar-refractivity contribution in [1.82, 2.24) is 0 Å². The molecule has 0 spiro atoms. The van der Waals surface area contributed by atoms with Gasteiger partial charge in [0.15, 0.2) is 5.78 Å². The van der Waals surface area contributed by atoms with Crippen LogP contribution >= 0.6 is 0 Å². The molecule has 1 aromatic rings. The number of carbonyl (C=O) groups is 1.